The lowest BCUT2D eigenvalue weighted by atomic mass is 10.00. The Morgan fingerprint density at radius 3 is 1.76 bits per heavy atom. The summed E-state index contributed by atoms with van der Waals surface area (Å²) in [7, 11) is 0. The first-order chi connectivity index (χ1) is 27.3. The highest BCUT2D eigenvalue weighted by molar-refractivity contribution is 7.26. The summed E-state index contributed by atoms with van der Waals surface area (Å²) in [4.78, 5) is 2.35. The fraction of sp³-hybridized carbons (Fsp3) is 0. The zero-order chi connectivity index (χ0) is 36.3. The Hall–Kier alpha value is -6.94. The number of benzene rings is 9. The van der Waals surface area contributed by atoms with Crippen LogP contribution in [0.1, 0.15) is 0 Å². The summed E-state index contributed by atoms with van der Waals surface area (Å²) in [5.41, 5.74) is 12.0. The van der Waals surface area contributed by atoms with Crippen molar-refractivity contribution in [2.45, 2.75) is 0 Å². The summed E-state index contributed by atoms with van der Waals surface area (Å²) in [6, 6.07) is 72.0. The van der Waals surface area contributed by atoms with Gasteiger partial charge in [0.05, 0.1) is 5.69 Å². The van der Waals surface area contributed by atoms with Gasteiger partial charge in [-0.25, -0.2) is 0 Å². The molecule has 0 amide bonds. The van der Waals surface area contributed by atoms with Gasteiger partial charge >= 0.3 is 0 Å². The minimum absolute atomic E-state index is 0.861. The number of hydrogen-bond donors (Lipinski definition) is 0. The van der Waals surface area contributed by atoms with Crippen LogP contribution < -0.4 is 4.90 Å². The van der Waals surface area contributed by atoms with Crippen molar-refractivity contribution in [2.24, 2.45) is 0 Å². The average molecular weight is 720 g/mol. The van der Waals surface area contributed by atoms with Gasteiger partial charge in [-0.2, -0.15) is 0 Å². The molecule has 55 heavy (non-hydrogen) atoms. The highest BCUT2D eigenvalue weighted by Crippen LogP contribution is 2.46. The van der Waals surface area contributed by atoms with Crippen molar-refractivity contribution in [1.29, 1.82) is 0 Å². The Morgan fingerprint density at radius 2 is 0.945 bits per heavy atom. The monoisotopic (exact) mass is 719 g/mol. The minimum atomic E-state index is 0.861. The third-order valence-electron chi connectivity index (χ3n) is 10.9. The van der Waals surface area contributed by atoms with Crippen LogP contribution in [0.25, 0.3) is 86.3 Å². The van der Waals surface area contributed by atoms with Crippen molar-refractivity contribution in [3.05, 3.63) is 200 Å². The van der Waals surface area contributed by atoms with Gasteiger partial charge in [-0.15, -0.1) is 11.3 Å². The molecule has 0 saturated carbocycles. The first kappa shape index (κ1) is 31.6. The molecule has 9 aromatic carbocycles. The van der Waals surface area contributed by atoms with Gasteiger partial charge in [-0.1, -0.05) is 158 Å². The van der Waals surface area contributed by atoms with Crippen LogP contribution in [-0.4, -0.2) is 0 Å². The molecule has 11 rings (SSSR count). The fourth-order valence-electron chi connectivity index (χ4n) is 8.20. The van der Waals surface area contributed by atoms with Crippen molar-refractivity contribution in [2.75, 3.05) is 4.90 Å². The van der Waals surface area contributed by atoms with Gasteiger partial charge in [0.1, 0.15) is 5.58 Å². The van der Waals surface area contributed by atoms with Crippen LogP contribution >= 0.6 is 11.3 Å². The molecule has 3 heteroatoms. The molecule has 0 aliphatic heterocycles. The van der Waals surface area contributed by atoms with Gasteiger partial charge in [0.25, 0.3) is 0 Å². The van der Waals surface area contributed by atoms with Crippen molar-refractivity contribution in [1.82, 2.24) is 0 Å². The molecule has 2 aromatic heterocycles. The maximum atomic E-state index is 6.98. The molecule has 2 heterocycles. The molecule has 0 fully saturated rings. The van der Waals surface area contributed by atoms with Gasteiger partial charge in [0.2, 0.25) is 0 Å². The Labute approximate surface area is 322 Å². The number of para-hydroxylation sites is 2. The molecule has 0 unspecified atom stereocenters. The van der Waals surface area contributed by atoms with Crippen LogP contribution in [0.2, 0.25) is 0 Å². The van der Waals surface area contributed by atoms with Crippen LogP contribution in [0.5, 0.6) is 0 Å². The van der Waals surface area contributed by atoms with Gasteiger partial charge in [-0.05, 0) is 81.1 Å². The third kappa shape index (κ3) is 5.32. The molecule has 11 aromatic rings. The number of furan rings is 1. The first-order valence-electron chi connectivity index (χ1n) is 18.7. The molecule has 0 N–H and O–H groups in total. The fourth-order valence-corrected chi connectivity index (χ4v) is 9.44. The average Bonchev–Trinajstić information content (AvgIpc) is 3.84. The molecule has 0 radical (unpaired) electrons. The number of fused-ring (bicyclic) bond motifs is 7. The maximum Gasteiger partial charge on any atom is 0.159 e. The smallest absolute Gasteiger partial charge is 0.159 e. The summed E-state index contributed by atoms with van der Waals surface area (Å²) < 4.78 is 9.61. The highest BCUT2D eigenvalue weighted by Gasteiger charge is 2.21. The molecular formula is C52H33NOS. The summed E-state index contributed by atoms with van der Waals surface area (Å²) >= 11 is 1.87. The molecule has 0 atom stereocenters. The molecular weight excluding hydrogens is 687 g/mol. The highest BCUT2D eigenvalue weighted by atomic mass is 32.1. The molecule has 0 aliphatic carbocycles. The van der Waals surface area contributed by atoms with E-state index in [1.807, 2.05) is 11.3 Å². The second-order valence-corrected chi connectivity index (χ2v) is 15.1. The van der Waals surface area contributed by atoms with E-state index in [4.69, 9.17) is 4.42 Å². The van der Waals surface area contributed by atoms with E-state index < -0.39 is 0 Å². The Kier molecular flexibility index (Phi) is 7.39. The van der Waals surface area contributed by atoms with Crippen molar-refractivity contribution in [3.8, 4) is 33.4 Å². The number of rotatable bonds is 6. The standard InChI is InChI=1S/C52H33NOS/c1-3-12-34(13-4-1)37-24-25-39-33-41(31-28-38(39)32-37)53(40-29-26-36(27-30-40)43-18-10-21-47-44-16-7-8-23-49(44)55-52(43)47)48-22-11-20-46-45-19-9-17-42(50(45)54-51(46)48)35-14-5-2-6-15-35/h1-33H. The van der Waals surface area contributed by atoms with E-state index in [9.17, 15) is 0 Å². The predicted molar refractivity (Wildman–Crippen MR) is 235 cm³/mol. The molecule has 2 nitrogen and oxygen atoms in total. The van der Waals surface area contributed by atoms with Gasteiger partial charge in [-0.3, -0.25) is 0 Å². The quantitative estimate of drug-likeness (QED) is 0.170. The van der Waals surface area contributed by atoms with E-state index in [2.05, 4.69) is 205 Å². The minimum Gasteiger partial charge on any atom is -0.453 e. The van der Waals surface area contributed by atoms with E-state index in [0.717, 1.165) is 50.1 Å². The lowest BCUT2D eigenvalue weighted by Crippen LogP contribution is -2.10. The number of thiophene rings is 1. The zero-order valence-corrected chi connectivity index (χ0v) is 30.6. The SMILES string of the molecule is c1ccc(-c2ccc3cc(N(c4ccc(-c5cccc6c5sc5ccccc56)cc4)c4cccc5c4oc4c(-c6ccccc6)cccc45)ccc3c2)cc1. The lowest BCUT2D eigenvalue weighted by Gasteiger charge is -2.26. The second kappa shape index (κ2) is 12.9. The zero-order valence-electron chi connectivity index (χ0n) is 29.8. The van der Waals surface area contributed by atoms with E-state index >= 15 is 0 Å². The summed E-state index contributed by atoms with van der Waals surface area (Å²) in [6.07, 6.45) is 0. The Morgan fingerprint density at radius 1 is 0.364 bits per heavy atom. The summed E-state index contributed by atoms with van der Waals surface area (Å²) in [5.74, 6) is 0. The number of hydrogen-bond acceptors (Lipinski definition) is 3. The molecule has 0 bridgehead atoms. The maximum absolute atomic E-state index is 6.98. The largest absolute Gasteiger partial charge is 0.453 e. The lowest BCUT2D eigenvalue weighted by molar-refractivity contribution is 0.670. The van der Waals surface area contributed by atoms with Crippen LogP contribution in [0, 0.1) is 0 Å². The van der Waals surface area contributed by atoms with Crippen LogP contribution in [0.4, 0.5) is 17.1 Å². The summed E-state index contributed by atoms with van der Waals surface area (Å²) in [6.45, 7) is 0. The van der Waals surface area contributed by atoms with E-state index in [0.29, 0.717) is 0 Å². The van der Waals surface area contributed by atoms with Gasteiger partial charge < -0.3 is 9.32 Å². The van der Waals surface area contributed by atoms with Crippen LogP contribution in [-0.2, 0) is 0 Å². The molecule has 0 aliphatic rings. The summed E-state index contributed by atoms with van der Waals surface area (Å²) in [5, 5.41) is 7.20. The normalized spacial score (nSPS) is 11.6. The molecule has 0 spiro atoms. The van der Waals surface area contributed by atoms with Crippen molar-refractivity contribution in [3.63, 3.8) is 0 Å². The first-order valence-corrected chi connectivity index (χ1v) is 19.5. The number of nitrogens with zero attached hydrogens (tertiary/aromatic N) is 1. The Balaban J connectivity index is 1.09. The second-order valence-electron chi connectivity index (χ2n) is 14.1. The third-order valence-corrected chi connectivity index (χ3v) is 12.1. The Bertz CT molecular complexity index is 3190. The molecule has 258 valence electrons. The topological polar surface area (TPSA) is 16.4 Å². The molecule has 0 saturated heterocycles. The van der Waals surface area contributed by atoms with E-state index in [1.165, 1.54) is 53.2 Å². The van der Waals surface area contributed by atoms with Crippen LogP contribution in [0.3, 0.4) is 0 Å². The van der Waals surface area contributed by atoms with Gasteiger partial charge in [0, 0.05) is 47.9 Å². The van der Waals surface area contributed by atoms with E-state index in [1.54, 1.807) is 0 Å². The van der Waals surface area contributed by atoms with Crippen molar-refractivity contribution < 1.29 is 4.42 Å². The predicted octanol–water partition coefficient (Wildman–Crippen LogP) is 15.6. The number of anilines is 3. The van der Waals surface area contributed by atoms with E-state index in [-0.39, 0.29) is 0 Å². The van der Waals surface area contributed by atoms with Gasteiger partial charge in [0.15, 0.2) is 5.58 Å². The van der Waals surface area contributed by atoms with Crippen LogP contribution in [0.15, 0.2) is 205 Å². The van der Waals surface area contributed by atoms with Crippen molar-refractivity contribution >= 4 is 81.3 Å².